The third kappa shape index (κ3) is 3.76. The molecule has 3 aliphatic carbocycles. The summed E-state index contributed by atoms with van der Waals surface area (Å²) in [6.07, 6.45) is 3.50. The summed E-state index contributed by atoms with van der Waals surface area (Å²) >= 11 is 0. The van der Waals surface area contributed by atoms with Crippen molar-refractivity contribution < 1.29 is 39.5 Å². The number of aliphatic hydroxyl groups is 3. The van der Waals surface area contributed by atoms with Crippen molar-refractivity contribution in [2.75, 3.05) is 21.2 Å². The summed E-state index contributed by atoms with van der Waals surface area (Å²) < 4.78 is 5.20. The third-order valence-electron chi connectivity index (χ3n) is 8.02. The lowest BCUT2D eigenvalue weighted by Crippen LogP contribution is -2.63. The minimum atomic E-state index is -2.67. The molecule has 204 valence electrons. The van der Waals surface area contributed by atoms with Crippen molar-refractivity contribution in [1.82, 2.24) is 9.88 Å². The molecule has 0 fully saturated rings. The molecule has 3 aliphatic rings. The number of Topliss-reactive ketones (excluding diaryl/α,β-unsaturated/α-hetero) is 2. The van der Waals surface area contributed by atoms with Crippen LogP contribution in [0, 0.1) is 11.8 Å². The highest BCUT2D eigenvalue weighted by molar-refractivity contribution is 6.24. The van der Waals surface area contributed by atoms with Crippen LogP contribution in [-0.2, 0) is 27.4 Å². The number of nitrogens with zero attached hydrogens (tertiary/aromatic N) is 2. The number of allylic oxidation sites excluding steroid dienone is 1. The third-order valence-corrected chi connectivity index (χ3v) is 8.02. The van der Waals surface area contributed by atoms with Crippen LogP contribution in [0.25, 0.3) is 11.1 Å². The number of ether oxygens (including phenoxy) is 1. The standard InChI is InChI=1S/C28H29N3O8/c1-31(2)22-17-8-13-7-16-15(14-6-12(11-39-3)9-30-10-14)4-5-18(32)20(16)23(33)19(13)25(35)28(17,38)26(36)21(24(22)34)27(29)37/h4-6,9-10,13,17,22,32,34-35,38H,7-8,11H2,1-3H3,(H2,29,37)/t13-,17-,22-,28-/m0/s1. The van der Waals surface area contributed by atoms with Crippen LogP contribution in [0.2, 0.25) is 0 Å². The predicted molar refractivity (Wildman–Crippen MR) is 138 cm³/mol. The van der Waals surface area contributed by atoms with E-state index in [-0.39, 0.29) is 29.7 Å². The zero-order valence-electron chi connectivity index (χ0n) is 21.6. The van der Waals surface area contributed by atoms with Crippen molar-refractivity contribution in [2.45, 2.75) is 31.1 Å². The SMILES string of the molecule is COCc1cncc(-c2ccc(O)c3c2C[C@H]2C[C@H]4[C@H](N(C)C)C(O)=C(C(N)=O)C(=O)[C@@]4(O)C(O)=C2C3=O)c1. The number of likely N-dealkylation sites (N-methyl/N-ethyl adjacent to an activating group) is 1. The van der Waals surface area contributed by atoms with Gasteiger partial charge in [0.15, 0.2) is 11.4 Å². The number of aromatic hydroxyl groups is 1. The number of fused-ring (bicyclic) bond motifs is 3. The number of aromatic nitrogens is 1. The molecule has 0 aliphatic heterocycles. The van der Waals surface area contributed by atoms with E-state index in [1.807, 2.05) is 6.07 Å². The lowest BCUT2D eigenvalue weighted by atomic mass is 9.58. The highest BCUT2D eigenvalue weighted by Gasteiger charge is 2.63. The number of ketones is 2. The molecule has 6 N–H and O–H groups in total. The van der Waals surface area contributed by atoms with Gasteiger partial charge >= 0.3 is 0 Å². The van der Waals surface area contributed by atoms with Gasteiger partial charge in [-0.3, -0.25) is 24.3 Å². The van der Waals surface area contributed by atoms with Crippen LogP contribution in [0.1, 0.15) is 27.9 Å². The Bertz CT molecular complexity index is 1490. The highest BCUT2D eigenvalue weighted by Crippen LogP contribution is 2.53. The molecule has 0 saturated heterocycles. The number of nitrogens with two attached hydrogens (primary N) is 1. The summed E-state index contributed by atoms with van der Waals surface area (Å²) in [7, 11) is 4.74. The van der Waals surface area contributed by atoms with E-state index in [1.54, 1.807) is 39.7 Å². The number of amides is 1. The van der Waals surface area contributed by atoms with Gasteiger partial charge in [0, 0.05) is 36.6 Å². The molecule has 0 radical (unpaired) electrons. The van der Waals surface area contributed by atoms with Crippen LogP contribution in [-0.4, -0.2) is 80.6 Å². The van der Waals surface area contributed by atoms with E-state index < -0.39 is 58.0 Å². The van der Waals surface area contributed by atoms with Gasteiger partial charge in [-0.25, -0.2) is 0 Å². The molecule has 0 unspecified atom stereocenters. The van der Waals surface area contributed by atoms with Crippen molar-refractivity contribution >= 4 is 17.5 Å². The number of methoxy groups -OCH3 is 1. The Morgan fingerprint density at radius 2 is 1.92 bits per heavy atom. The van der Waals surface area contributed by atoms with Crippen molar-refractivity contribution in [3.63, 3.8) is 0 Å². The summed E-state index contributed by atoms with van der Waals surface area (Å²) in [5, 5.41) is 44.7. The summed E-state index contributed by atoms with van der Waals surface area (Å²) in [5.74, 6) is -6.83. The zero-order valence-corrected chi connectivity index (χ0v) is 21.6. The van der Waals surface area contributed by atoms with Gasteiger partial charge in [-0.15, -0.1) is 0 Å². The second kappa shape index (κ2) is 9.30. The lowest BCUT2D eigenvalue weighted by Gasteiger charge is -2.50. The number of pyridine rings is 1. The van der Waals surface area contributed by atoms with E-state index in [4.69, 9.17) is 10.5 Å². The maximum Gasteiger partial charge on any atom is 0.255 e. The highest BCUT2D eigenvalue weighted by atomic mass is 16.5. The first-order chi connectivity index (χ1) is 18.4. The van der Waals surface area contributed by atoms with Gasteiger partial charge in [-0.05, 0) is 61.7 Å². The minimum Gasteiger partial charge on any atom is -0.510 e. The number of hydrogen-bond donors (Lipinski definition) is 5. The molecule has 5 rings (SSSR count). The van der Waals surface area contributed by atoms with Gasteiger partial charge in [0.2, 0.25) is 5.78 Å². The van der Waals surface area contributed by atoms with Gasteiger partial charge in [-0.2, -0.15) is 0 Å². The predicted octanol–water partition coefficient (Wildman–Crippen LogP) is 1.33. The van der Waals surface area contributed by atoms with E-state index in [0.29, 0.717) is 23.3 Å². The first kappa shape index (κ1) is 26.5. The topological polar surface area (TPSA) is 184 Å². The van der Waals surface area contributed by atoms with Gasteiger partial charge in [-0.1, -0.05) is 6.07 Å². The molecule has 2 aromatic rings. The molecular weight excluding hydrogens is 506 g/mol. The van der Waals surface area contributed by atoms with Crippen molar-refractivity contribution in [1.29, 1.82) is 0 Å². The molecule has 11 nitrogen and oxygen atoms in total. The smallest absolute Gasteiger partial charge is 0.255 e. The minimum absolute atomic E-state index is 0.0167. The molecule has 39 heavy (non-hydrogen) atoms. The van der Waals surface area contributed by atoms with E-state index in [9.17, 15) is 34.8 Å². The van der Waals surface area contributed by atoms with E-state index >= 15 is 0 Å². The van der Waals surface area contributed by atoms with Crippen LogP contribution >= 0.6 is 0 Å². The molecule has 1 aromatic carbocycles. The Hall–Kier alpha value is -4.06. The van der Waals surface area contributed by atoms with Crippen molar-refractivity contribution in [3.8, 4) is 16.9 Å². The molecule has 1 aromatic heterocycles. The second-order valence-corrected chi connectivity index (χ2v) is 10.5. The van der Waals surface area contributed by atoms with Crippen LogP contribution < -0.4 is 5.73 Å². The maximum absolute atomic E-state index is 13.9. The van der Waals surface area contributed by atoms with Gasteiger partial charge in [0.05, 0.1) is 18.2 Å². The Kier molecular flexibility index (Phi) is 6.33. The van der Waals surface area contributed by atoms with E-state index in [1.165, 1.54) is 11.0 Å². The molecule has 11 heteroatoms. The molecular formula is C28H29N3O8. The fraction of sp³-hybridized carbons (Fsp3) is 0.357. The summed E-state index contributed by atoms with van der Waals surface area (Å²) in [5.41, 5.74) is 4.30. The summed E-state index contributed by atoms with van der Waals surface area (Å²) in [4.78, 5) is 45.1. The molecule has 0 spiro atoms. The molecule has 1 amide bonds. The number of hydrogen-bond acceptors (Lipinski definition) is 10. The maximum atomic E-state index is 13.9. The quantitative estimate of drug-likeness (QED) is 0.350. The largest absolute Gasteiger partial charge is 0.510 e. The number of rotatable bonds is 5. The van der Waals surface area contributed by atoms with Crippen LogP contribution in [0.5, 0.6) is 5.75 Å². The zero-order chi connectivity index (χ0) is 28.4. The Labute approximate surface area is 223 Å². The molecule has 4 atom stereocenters. The van der Waals surface area contributed by atoms with Crippen LogP contribution in [0.3, 0.4) is 0 Å². The normalized spacial score (nSPS) is 26.4. The lowest BCUT2D eigenvalue weighted by molar-refractivity contribution is -0.148. The van der Waals surface area contributed by atoms with Crippen LogP contribution in [0.4, 0.5) is 0 Å². The summed E-state index contributed by atoms with van der Waals surface area (Å²) in [6, 6.07) is 3.87. The number of phenols is 1. The number of phenolic OH excluding ortho intramolecular Hbond substituents is 1. The molecule has 0 bridgehead atoms. The summed E-state index contributed by atoms with van der Waals surface area (Å²) in [6.45, 7) is 0.327. The average molecular weight is 536 g/mol. The van der Waals surface area contributed by atoms with Gasteiger partial charge < -0.3 is 30.9 Å². The fourth-order valence-corrected chi connectivity index (χ4v) is 6.40. The van der Waals surface area contributed by atoms with Gasteiger partial charge in [0.1, 0.15) is 22.8 Å². The monoisotopic (exact) mass is 535 g/mol. The van der Waals surface area contributed by atoms with E-state index in [2.05, 4.69) is 4.98 Å². The number of carbonyl (C=O) groups excluding carboxylic acids is 3. The first-order valence-electron chi connectivity index (χ1n) is 12.4. The van der Waals surface area contributed by atoms with Crippen molar-refractivity contribution in [2.24, 2.45) is 17.6 Å². The van der Waals surface area contributed by atoms with Gasteiger partial charge in [0.25, 0.3) is 5.91 Å². The number of aliphatic hydroxyl groups excluding tert-OH is 2. The van der Waals surface area contributed by atoms with E-state index in [0.717, 1.165) is 5.56 Å². The Balaban J connectivity index is 1.70. The molecule has 1 heterocycles. The number of primary amides is 1. The molecule has 0 saturated carbocycles. The fourth-order valence-electron chi connectivity index (χ4n) is 6.40. The number of benzene rings is 1. The first-order valence-corrected chi connectivity index (χ1v) is 12.4. The second-order valence-electron chi connectivity index (χ2n) is 10.5. The number of carbonyl (C=O) groups is 3. The van der Waals surface area contributed by atoms with Crippen molar-refractivity contribution in [3.05, 3.63) is 69.9 Å². The average Bonchev–Trinajstić information content (AvgIpc) is 2.86. The Morgan fingerprint density at radius 3 is 2.56 bits per heavy atom. The Morgan fingerprint density at radius 1 is 1.21 bits per heavy atom. The van der Waals surface area contributed by atoms with Crippen LogP contribution in [0.15, 0.2) is 53.3 Å².